The van der Waals surface area contributed by atoms with Gasteiger partial charge in [0.15, 0.2) is 0 Å². The molecule has 96 valence electrons. The van der Waals surface area contributed by atoms with E-state index in [9.17, 15) is 0 Å². The fraction of sp³-hybridized carbons (Fsp3) is 0.333. The van der Waals surface area contributed by atoms with Gasteiger partial charge >= 0.3 is 0 Å². The number of aryl methyl sites for hydroxylation is 1. The van der Waals surface area contributed by atoms with Crippen LogP contribution in [0.2, 0.25) is 0 Å². The van der Waals surface area contributed by atoms with Crippen LogP contribution in [0.25, 0.3) is 0 Å². The summed E-state index contributed by atoms with van der Waals surface area (Å²) in [5, 5.41) is 8.27. The Balaban J connectivity index is 2.09. The van der Waals surface area contributed by atoms with E-state index < -0.39 is 0 Å². The van der Waals surface area contributed by atoms with Crippen LogP contribution < -0.4 is 10.5 Å². The summed E-state index contributed by atoms with van der Waals surface area (Å²) in [5.41, 5.74) is 7.52. The van der Waals surface area contributed by atoms with Crippen molar-refractivity contribution < 1.29 is 9.15 Å². The minimum atomic E-state index is 0.553. The average molecular weight is 265 g/mol. The van der Waals surface area contributed by atoms with E-state index in [-0.39, 0.29) is 0 Å². The van der Waals surface area contributed by atoms with Gasteiger partial charge in [0.25, 0.3) is 5.22 Å². The first-order valence-corrected chi connectivity index (χ1v) is 6.61. The smallest absolute Gasteiger partial charge is 0.276 e. The summed E-state index contributed by atoms with van der Waals surface area (Å²) in [4.78, 5) is 0. The second-order valence-corrected chi connectivity index (χ2v) is 4.60. The van der Waals surface area contributed by atoms with Crippen LogP contribution in [0.4, 0.5) is 5.69 Å². The molecule has 1 heterocycles. The first-order chi connectivity index (χ1) is 8.69. The Morgan fingerprint density at radius 2 is 2.22 bits per heavy atom. The van der Waals surface area contributed by atoms with Crippen molar-refractivity contribution >= 4 is 17.4 Å². The summed E-state index contributed by atoms with van der Waals surface area (Å²) in [6, 6.07) is 5.62. The predicted molar refractivity (Wildman–Crippen MR) is 70.6 cm³/mol. The van der Waals surface area contributed by atoms with Crippen molar-refractivity contribution in [1.82, 2.24) is 10.2 Å². The molecule has 2 N–H and O–H groups in total. The van der Waals surface area contributed by atoms with Crippen LogP contribution in [0, 0.1) is 6.92 Å². The van der Waals surface area contributed by atoms with Gasteiger partial charge in [-0.1, -0.05) is 11.8 Å². The zero-order valence-electron chi connectivity index (χ0n) is 10.3. The van der Waals surface area contributed by atoms with Crippen LogP contribution in [0.3, 0.4) is 0 Å². The van der Waals surface area contributed by atoms with Crippen molar-refractivity contribution in [2.75, 3.05) is 12.3 Å². The van der Waals surface area contributed by atoms with Crippen LogP contribution in [-0.4, -0.2) is 16.8 Å². The lowest BCUT2D eigenvalue weighted by atomic mass is 10.2. The van der Waals surface area contributed by atoms with Crippen molar-refractivity contribution in [2.24, 2.45) is 0 Å². The highest BCUT2D eigenvalue weighted by Crippen LogP contribution is 2.28. The maximum absolute atomic E-state index is 5.78. The van der Waals surface area contributed by atoms with Crippen LogP contribution in [0.5, 0.6) is 5.75 Å². The third kappa shape index (κ3) is 3.16. The maximum atomic E-state index is 5.78. The molecule has 0 saturated heterocycles. The molecule has 1 aromatic heterocycles. The van der Waals surface area contributed by atoms with Gasteiger partial charge in [0.1, 0.15) is 5.75 Å². The van der Waals surface area contributed by atoms with Gasteiger partial charge in [-0.25, -0.2) is 0 Å². The third-order valence-electron chi connectivity index (χ3n) is 2.24. The van der Waals surface area contributed by atoms with E-state index in [1.165, 1.54) is 11.8 Å². The van der Waals surface area contributed by atoms with E-state index in [1.807, 2.05) is 25.1 Å². The van der Waals surface area contributed by atoms with Gasteiger partial charge < -0.3 is 14.9 Å². The number of hydrogen-bond acceptors (Lipinski definition) is 6. The highest BCUT2D eigenvalue weighted by molar-refractivity contribution is 7.98. The molecule has 0 fully saturated rings. The summed E-state index contributed by atoms with van der Waals surface area (Å²) in [6.07, 6.45) is 0. The van der Waals surface area contributed by atoms with Gasteiger partial charge in [-0.3, -0.25) is 0 Å². The topological polar surface area (TPSA) is 74.2 Å². The molecule has 2 aromatic rings. The molecule has 0 amide bonds. The summed E-state index contributed by atoms with van der Waals surface area (Å²) in [7, 11) is 0. The Hall–Kier alpha value is -1.69. The molecule has 0 radical (unpaired) electrons. The third-order valence-corrected chi connectivity index (χ3v) is 3.11. The number of nitrogen functional groups attached to an aromatic ring is 1. The van der Waals surface area contributed by atoms with Crippen molar-refractivity contribution in [3.63, 3.8) is 0 Å². The van der Waals surface area contributed by atoms with Crippen LogP contribution >= 0.6 is 11.8 Å². The molecule has 2 rings (SSSR count). The van der Waals surface area contributed by atoms with E-state index in [0.717, 1.165) is 17.0 Å². The highest BCUT2D eigenvalue weighted by atomic mass is 32.2. The normalized spacial score (nSPS) is 10.6. The highest BCUT2D eigenvalue weighted by Gasteiger charge is 2.08. The minimum absolute atomic E-state index is 0.553. The number of hydrogen-bond donors (Lipinski definition) is 1. The van der Waals surface area contributed by atoms with Gasteiger partial charge in [-0.05, 0) is 25.1 Å². The van der Waals surface area contributed by atoms with Crippen LogP contribution in [0.15, 0.2) is 27.8 Å². The van der Waals surface area contributed by atoms with Crippen molar-refractivity contribution in [1.29, 1.82) is 0 Å². The van der Waals surface area contributed by atoms with E-state index in [1.54, 1.807) is 6.92 Å². The van der Waals surface area contributed by atoms with Crippen molar-refractivity contribution in [2.45, 2.75) is 24.8 Å². The Bertz CT molecular complexity index is 528. The average Bonchev–Trinajstić information content (AvgIpc) is 2.76. The molecule has 0 saturated carbocycles. The Morgan fingerprint density at radius 1 is 1.39 bits per heavy atom. The lowest BCUT2D eigenvalue weighted by Crippen LogP contribution is -1.97. The molecule has 18 heavy (non-hydrogen) atoms. The molecule has 0 spiro atoms. The van der Waals surface area contributed by atoms with Gasteiger partial charge in [0.2, 0.25) is 5.89 Å². The molecule has 0 aliphatic rings. The monoisotopic (exact) mass is 265 g/mol. The van der Waals surface area contributed by atoms with E-state index in [0.29, 0.717) is 23.5 Å². The summed E-state index contributed by atoms with van der Waals surface area (Å²) in [5.74, 6) is 2.09. The van der Waals surface area contributed by atoms with E-state index in [2.05, 4.69) is 10.2 Å². The Morgan fingerprint density at radius 3 is 2.89 bits per heavy atom. The number of aromatic nitrogens is 2. The molecule has 0 aliphatic carbocycles. The molecular formula is C12H15N3O2S. The zero-order chi connectivity index (χ0) is 13.0. The Kier molecular flexibility index (Phi) is 4.09. The number of rotatable bonds is 5. The standard InChI is InChI=1S/C12H15N3O2S/c1-3-16-11-5-4-10(13)6-9(11)7-18-12-15-14-8(2)17-12/h4-6H,3,7,13H2,1-2H3. The second kappa shape index (κ2) is 5.77. The predicted octanol–water partition coefficient (Wildman–Crippen LogP) is 2.65. The molecule has 0 atom stereocenters. The van der Waals surface area contributed by atoms with E-state index >= 15 is 0 Å². The van der Waals surface area contributed by atoms with Crippen molar-refractivity contribution in [3.05, 3.63) is 29.7 Å². The second-order valence-electron chi connectivity index (χ2n) is 3.68. The van der Waals surface area contributed by atoms with E-state index in [4.69, 9.17) is 14.9 Å². The minimum Gasteiger partial charge on any atom is -0.494 e. The molecule has 0 aliphatic heterocycles. The van der Waals surface area contributed by atoms with Gasteiger partial charge in [0.05, 0.1) is 6.61 Å². The molecule has 1 aromatic carbocycles. The summed E-state index contributed by atoms with van der Waals surface area (Å²) < 4.78 is 10.9. The number of nitrogens with zero attached hydrogens (tertiary/aromatic N) is 2. The molecule has 0 unspecified atom stereocenters. The summed E-state index contributed by atoms with van der Waals surface area (Å²) in [6.45, 7) is 4.35. The van der Waals surface area contributed by atoms with Gasteiger partial charge in [-0.15, -0.1) is 10.2 Å². The number of thioether (sulfide) groups is 1. The summed E-state index contributed by atoms with van der Waals surface area (Å²) >= 11 is 1.47. The van der Waals surface area contributed by atoms with Gasteiger partial charge in [0, 0.05) is 23.9 Å². The zero-order valence-corrected chi connectivity index (χ0v) is 11.2. The molecule has 6 heteroatoms. The largest absolute Gasteiger partial charge is 0.494 e. The first-order valence-electron chi connectivity index (χ1n) is 5.63. The number of benzene rings is 1. The maximum Gasteiger partial charge on any atom is 0.276 e. The Labute approximate surface area is 110 Å². The number of nitrogens with two attached hydrogens (primary N) is 1. The fourth-order valence-electron chi connectivity index (χ4n) is 1.48. The van der Waals surface area contributed by atoms with Gasteiger partial charge in [-0.2, -0.15) is 0 Å². The first kappa shape index (κ1) is 12.8. The molecule has 5 nitrogen and oxygen atoms in total. The SMILES string of the molecule is CCOc1ccc(N)cc1CSc1nnc(C)o1. The fourth-order valence-corrected chi connectivity index (χ4v) is 2.27. The lowest BCUT2D eigenvalue weighted by molar-refractivity contribution is 0.337. The van der Waals surface area contributed by atoms with Crippen molar-refractivity contribution in [3.8, 4) is 5.75 Å². The number of anilines is 1. The van der Waals surface area contributed by atoms with Crippen LogP contribution in [0.1, 0.15) is 18.4 Å². The molecule has 0 bridgehead atoms. The quantitative estimate of drug-likeness (QED) is 0.661. The lowest BCUT2D eigenvalue weighted by Gasteiger charge is -2.09. The van der Waals surface area contributed by atoms with Crippen LogP contribution in [-0.2, 0) is 5.75 Å². The molecular weight excluding hydrogens is 250 g/mol. The number of ether oxygens (including phenoxy) is 1.